The number of carbonyl (C=O) groups is 1. The van der Waals surface area contributed by atoms with E-state index in [1.165, 1.54) is 6.92 Å². The highest BCUT2D eigenvalue weighted by Gasteiger charge is 2.35. The Morgan fingerprint density at radius 2 is 1.86 bits per heavy atom. The summed E-state index contributed by atoms with van der Waals surface area (Å²) in [6.07, 6.45) is -4.25. The van der Waals surface area contributed by atoms with Gasteiger partial charge in [0.25, 0.3) is 0 Å². The molecular formula is C15H18F3NO2. The van der Waals surface area contributed by atoms with Crippen LogP contribution in [-0.4, -0.2) is 18.8 Å². The molecule has 6 heteroatoms. The van der Waals surface area contributed by atoms with Gasteiger partial charge in [-0.05, 0) is 30.5 Å². The largest absolute Gasteiger partial charge is 0.463 e. The van der Waals surface area contributed by atoms with E-state index in [9.17, 15) is 18.0 Å². The predicted octanol–water partition coefficient (Wildman–Crippen LogP) is 4.23. The third-order valence-corrected chi connectivity index (χ3v) is 2.71. The Kier molecular flexibility index (Phi) is 5.81. The number of rotatable bonds is 5. The Hall–Kier alpha value is -1.98. The highest BCUT2D eigenvalue weighted by molar-refractivity contribution is 5.83. The van der Waals surface area contributed by atoms with Crippen LogP contribution in [0.4, 0.5) is 18.9 Å². The standard InChI is InChI=1S/C15H18F3NO2/c1-4-21-14(20)9-13(15(16,17)18)19-12-7-5-11(6-8-12)10(2)3/h5-10,19H,4H2,1-3H3/b13-9+. The van der Waals surface area contributed by atoms with Gasteiger partial charge in [-0.25, -0.2) is 4.79 Å². The summed E-state index contributed by atoms with van der Waals surface area (Å²) in [5, 5.41) is 2.21. The minimum absolute atomic E-state index is 0.0174. The molecule has 0 spiro atoms. The molecule has 0 heterocycles. The van der Waals surface area contributed by atoms with E-state index in [4.69, 9.17) is 0 Å². The predicted molar refractivity (Wildman–Crippen MR) is 74.9 cm³/mol. The molecule has 1 N–H and O–H groups in total. The van der Waals surface area contributed by atoms with Crippen LogP contribution in [0.5, 0.6) is 0 Å². The molecule has 0 fully saturated rings. The maximum atomic E-state index is 12.9. The van der Waals surface area contributed by atoms with Crippen molar-refractivity contribution in [1.82, 2.24) is 0 Å². The molecule has 0 bridgehead atoms. The Labute approximate surface area is 121 Å². The maximum absolute atomic E-state index is 12.9. The molecule has 1 aromatic rings. The zero-order chi connectivity index (χ0) is 16.0. The number of hydrogen-bond acceptors (Lipinski definition) is 3. The number of esters is 1. The number of hydrogen-bond donors (Lipinski definition) is 1. The number of nitrogens with one attached hydrogen (secondary N) is 1. The number of alkyl halides is 3. The Bertz CT molecular complexity index is 505. The first kappa shape index (κ1) is 17.1. The van der Waals surface area contributed by atoms with Gasteiger partial charge in [0.1, 0.15) is 5.70 Å². The summed E-state index contributed by atoms with van der Waals surface area (Å²) >= 11 is 0. The van der Waals surface area contributed by atoms with Crippen molar-refractivity contribution in [1.29, 1.82) is 0 Å². The highest BCUT2D eigenvalue weighted by atomic mass is 19.4. The molecule has 1 aromatic carbocycles. The van der Waals surface area contributed by atoms with E-state index in [1.54, 1.807) is 24.3 Å². The van der Waals surface area contributed by atoms with Crippen LogP contribution in [0.2, 0.25) is 0 Å². The fraction of sp³-hybridized carbons (Fsp3) is 0.400. The van der Waals surface area contributed by atoms with Crippen molar-refractivity contribution in [3.63, 3.8) is 0 Å². The average molecular weight is 301 g/mol. The van der Waals surface area contributed by atoms with Crippen LogP contribution in [0.25, 0.3) is 0 Å². The van der Waals surface area contributed by atoms with Gasteiger partial charge in [-0.3, -0.25) is 0 Å². The van der Waals surface area contributed by atoms with Crippen LogP contribution in [-0.2, 0) is 9.53 Å². The second-order valence-electron chi connectivity index (χ2n) is 4.71. The first-order chi connectivity index (χ1) is 9.74. The molecule has 0 saturated carbocycles. The number of ether oxygens (including phenoxy) is 1. The summed E-state index contributed by atoms with van der Waals surface area (Å²) in [7, 11) is 0. The molecule has 3 nitrogen and oxygen atoms in total. The van der Waals surface area contributed by atoms with Gasteiger partial charge in [0.15, 0.2) is 0 Å². The van der Waals surface area contributed by atoms with Crippen LogP contribution in [0.3, 0.4) is 0 Å². The summed E-state index contributed by atoms with van der Waals surface area (Å²) < 4.78 is 43.1. The molecule has 1 rings (SSSR count). The molecule has 0 aliphatic rings. The Balaban J connectivity index is 2.94. The van der Waals surface area contributed by atoms with Gasteiger partial charge in [0.05, 0.1) is 12.7 Å². The SMILES string of the molecule is CCOC(=O)/C=C(/Nc1ccc(C(C)C)cc1)C(F)(F)F. The molecule has 0 atom stereocenters. The molecule has 0 amide bonds. The second-order valence-corrected chi connectivity index (χ2v) is 4.71. The van der Waals surface area contributed by atoms with Crippen LogP contribution in [0.1, 0.15) is 32.3 Å². The van der Waals surface area contributed by atoms with Crippen molar-refractivity contribution in [2.24, 2.45) is 0 Å². The zero-order valence-corrected chi connectivity index (χ0v) is 12.1. The molecule has 0 unspecified atom stereocenters. The molecule has 0 saturated heterocycles. The summed E-state index contributed by atoms with van der Waals surface area (Å²) in [4.78, 5) is 11.2. The molecule has 0 radical (unpaired) electrons. The number of benzene rings is 1. The van der Waals surface area contributed by atoms with Crippen LogP contribution >= 0.6 is 0 Å². The summed E-state index contributed by atoms with van der Waals surface area (Å²) in [6, 6.07) is 6.57. The van der Waals surface area contributed by atoms with Crippen LogP contribution < -0.4 is 5.32 Å². The Morgan fingerprint density at radius 3 is 2.29 bits per heavy atom. The molecule has 0 aliphatic heterocycles. The van der Waals surface area contributed by atoms with Crippen molar-refractivity contribution in [3.8, 4) is 0 Å². The topological polar surface area (TPSA) is 38.3 Å². The summed E-state index contributed by atoms with van der Waals surface area (Å²) in [5.41, 5.74) is 0.119. The molecular weight excluding hydrogens is 283 g/mol. The summed E-state index contributed by atoms with van der Waals surface area (Å²) in [6.45, 7) is 5.52. The van der Waals surface area contributed by atoms with Gasteiger partial charge in [-0.15, -0.1) is 0 Å². The third-order valence-electron chi connectivity index (χ3n) is 2.71. The lowest BCUT2D eigenvalue weighted by Crippen LogP contribution is -2.21. The maximum Gasteiger partial charge on any atom is 0.431 e. The van der Waals surface area contributed by atoms with E-state index in [0.717, 1.165) is 5.56 Å². The number of carbonyl (C=O) groups excluding carboxylic acids is 1. The monoisotopic (exact) mass is 301 g/mol. The van der Waals surface area contributed by atoms with E-state index in [0.29, 0.717) is 6.08 Å². The normalized spacial score (nSPS) is 12.4. The lowest BCUT2D eigenvalue weighted by molar-refractivity contribution is -0.138. The first-order valence-electron chi connectivity index (χ1n) is 6.56. The van der Waals surface area contributed by atoms with Crippen molar-refractivity contribution in [3.05, 3.63) is 41.6 Å². The van der Waals surface area contributed by atoms with E-state index in [-0.39, 0.29) is 18.2 Å². The molecule has 116 valence electrons. The fourth-order valence-electron chi connectivity index (χ4n) is 1.60. The average Bonchev–Trinajstić information content (AvgIpc) is 2.37. The summed E-state index contributed by atoms with van der Waals surface area (Å²) in [5.74, 6) is -0.743. The number of allylic oxidation sites excluding steroid dienone is 1. The van der Waals surface area contributed by atoms with Crippen LogP contribution in [0, 0.1) is 0 Å². The van der Waals surface area contributed by atoms with Gasteiger partial charge in [0.2, 0.25) is 0 Å². The zero-order valence-electron chi connectivity index (χ0n) is 12.1. The molecule has 21 heavy (non-hydrogen) atoms. The first-order valence-corrected chi connectivity index (χ1v) is 6.56. The van der Waals surface area contributed by atoms with E-state index >= 15 is 0 Å². The van der Waals surface area contributed by atoms with Crippen molar-refractivity contribution >= 4 is 11.7 Å². The second kappa shape index (κ2) is 7.15. The smallest absolute Gasteiger partial charge is 0.431 e. The van der Waals surface area contributed by atoms with Crippen molar-refractivity contribution in [2.75, 3.05) is 11.9 Å². The van der Waals surface area contributed by atoms with Gasteiger partial charge in [-0.2, -0.15) is 13.2 Å². The van der Waals surface area contributed by atoms with Crippen molar-refractivity contribution < 1.29 is 22.7 Å². The molecule has 0 aliphatic carbocycles. The lowest BCUT2D eigenvalue weighted by atomic mass is 10.0. The molecule has 0 aromatic heterocycles. The Morgan fingerprint density at radius 1 is 1.29 bits per heavy atom. The number of halogens is 3. The number of anilines is 1. The van der Waals surface area contributed by atoms with E-state index < -0.39 is 17.8 Å². The highest BCUT2D eigenvalue weighted by Crippen LogP contribution is 2.27. The van der Waals surface area contributed by atoms with Gasteiger partial charge >= 0.3 is 12.1 Å². The lowest BCUT2D eigenvalue weighted by Gasteiger charge is -2.15. The quantitative estimate of drug-likeness (QED) is 0.653. The van der Waals surface area contributed by atoms with Crippen molar-refractivity contribution in [2.45, 2.75) is 32.9 Å². The minimum atomic E-state index is -4.66. The minimum Gasteiger partial charge on any atom is -0.463 e. The van der Waals surface area contributed by atoms with Crippen LogP contribution in [0.15, 0.2) is 36.0 Å². The van der Waals surface area contributed by atoms with Gasteiger partial charge in [0, 0.05) is 5.69 Å². The van der Waals surface area contributed by atoms with Gasteiger partial charge in [-0.1, -0.05) is 26.0 Å². The van der Waals surface area contributed by atoms with E-state index in [2.05, 4.69) is 10.1 Å². The fourth-order valence-corrected chi connectivity index (χ4v) is 1.60. The van der Waals surface area contributed by atoms with Gasteiger partial charge < -0.3 is 10.1 Å². The van der Waals surface area contributed by atoms with E-state index in [1.807, 2.05) is 13.8 Å². The third kappa shape index (κ3) is 5.49.